The molecule has 11 nitrogen and oxygen atoms in total. The summed E-state index contributed by atoms with van der Waals surface area (Å²) < 4.78 is 48.1. The Labute approximate surface area is 257 Å². The number of hydrogen-bond acceptors (Lipinski definition) is 9. The fourth-order valence-electron chi connectivity index (χ4n) is 5.05. The molecule has 1 aliphatic heterocycles. The number of carbonyl (C=O) groups excluding carboxylic acids is 4. The number of aromatic nitrogens is 2. The van der Waals surface area contributed by atoms with Crippen LogP contribution in [0, 0.1) is 6.92 Å². The first kappa shape index (κ1) is 32.9. The van der Waals surface area contributed by atoms with Crippen molar-refractivity contribution in [2.24, 2.45) is 0 Å². The lowest BCUT2D eigenvalue weighted by Gasteiger charge is -2.30. The fourth-order valence-corrected chi connectivity index (χ4v) is 5.05. The van der Waals surface area contributed by atoms with E-state index in [1.807, 2.05) is 0 Å². The number of fused-ring (bicyclic) bond motifs is 1. The summed E-state index contributed by atoms with van der Waals surface area (Å²) in [5.74, 6) is -4.81. The van der Waals surface area contributed by atoms with Crippen LogP contribution in [-0.2, 0) is 25.5 Å². The van der Waals surface area contributed by atoms with Gasteiger partial charge in [-0.2, -0.15) is 18.2 Å². The molecule has 2 amide bonds. The predicted molar refractivity (Wildman–Crippen MR) is 156 cm³/mol. The number of nitrogens with two attached hydrogens (primary N) is 1. The van der Waals surface area contributed by atoms with Crippen LogP contribution in [0.5, 0.6) is 5.88 Å². The van der Waals surface area contributed by atoms with Crippen molar-refractivity contribution in [1.82, 2.24) is 14.9 Å². The van der Waals surface area contributed by atoms with Crippen molar-refractivity contribution < 1.29 is 41.8 Å². The number of ether oxygens (including phenoxy) is 2. The summed E-state index contributed by atoms with van der Waals surface area (Å²) >= 11 is 0. The number of alkyl halides is 3. The maximum Gasteiger partial charge on any atom is 0.491 e. The lowest BCUT2D eigenvalue weighted by molar-refractivity contribution is -0.202. The van der Waals surface area contributed by atoms with Gasteiger partial charge in [-0.3, -0.25) is 14.4 Å². The number of aryl methyl sites for hydroxylation is 2. The molecular formula is C31H32F3N5O6. The number of hydrogen-bond donors (Lipinski definition) is 1. The first-order chi connectivity index (χ1) is 21.2. The number of amides is 2. The molecule has 3 aromatic rings. The molecule has 2 heterocycles. The van der Waals surface area contributed by atoms with E-state index in [4.69, 9.17) is 10.5 Å². The number of anilines is 2. The van der Waals surface area contributed by atoms with Crippen molar-refractivity contribution in [3.05, 3.63) is 77.0 Å². The highest BCUT2D eigenvalue weighted by Gasteiger charge is 2.43. The fraction of sp³-hybridized carbons (Fsp3) is 0.355. The number of carbonyl (C=O) groups is 4. The minimum absolute atomic E-state index is 0.0945. The van der Waals surface area contributed by atoms with E-state index in [1.165, 1.54) is 4.90 Å². The van der Waals surface area contributed by atoms with Gasteiger partial charge in [-0.05, 0) is 56.9 Å². The summed E-state index contributed by atoms with van der Waals surface area (Å²) in [6.45, 7) is 5.14. The summed E-state index contributed by atoms with van der Waals surface area (Å²) in [5, 5.41) is 0. The van der Waals surface area contributed by atoms with Gasteiger partial charge in [0.2, 0.25) is 17.7 Å². The van der Waals surface area contributed by atoms with E-state index >= 15 is 0 Å². The van der Waals surface area contributed by atoms with Crippen LogP contribution in [0.15, 0.2) is 54.6 Å². The van der Waals surface area contributed by atoms with Crippen LogP contribution >= 0.6 is 0 Å². The molecule has 1 aromatic heterocycles. The molecule has 238 valence electrons. The van der Waals surface area contributed by atoms with E-state index in [1.54, 1.807) is 75.4 Å². The average molecular weight is 628 g/mol. The number of benzene rings is 2. The first-order valence-electron chi connectivity index (χ1n) is 14.1. The topological polar surface area (TPSA) is 145 Å². The molecule has 0 saturated carbocycles. The van der Waals surface area contributed by atoms with Crippen molar-refractivity contribution in [1.29, 1.82) is 0 Å². The molecule has 0 bridgehead atoms. The van der Waals surface area contributed by atoms with Gasteiger partial charge in [0.1, 0.15) is 6.54 Å². The Balaban J connectivity index is 1.62. The molecule has 0 saturated heterocycles. The molecule has 4 rings (SSSR count). The van der Waals surface area contributed by atoms with Crippen molar-refractivity contribution in [3.8, 4) is 5.88 Å². The molecule has 45 heavy (non-hydrogen) atoms. The average Bonchev–Trinajstić information content (AvgIpc) is 3.07. The summed E-state index contributed by atoms with van der Waals surface area (Å²) in [4.78, 5) is 62.3. The summed E-state index contributed by atoms with van der Waals surface area (Å²) in [6.07, 6.45) is -5.15. The Hall–Kier alpha value is -5.01. The second-order valence-corrected chi connectivity index (χ2v) is 10.7. The number of nitrogens with zero attached hydrogens (tertiary/aromatic N) is 4. The van der Waals surface area contributed by atoms with Crippen molar-refractivity contribution in [3.63, 3.8) is 0 Å². The molecule has 2 N–H and O–H groups in total. The Kier molecular flexibility index (Phi) is 10.0. The number of esters is 2. The largest absolute Gasteiger partial charge is 0.491 e. The van der Waals surface area contributed by atoms with Gasteiger partial charge in [-0.25, -0.2) is 9.78 Å². The molecule has 0 radical (unpaired) electrons. The third-order valence-electron chi connectivity index (χ3n) is 6.97. The van der Waals surface area contributed by atoms with Crippen LogP contribution in [0.4, 0.5) is 24.8 Å². The molecule has 1 aliphatic rings. The van der Waals surface area contributed by atoms with Crippen LogP contribution in [0.1, 0.15) is 59.9 Å². The highest BCUT2D eigenvalue weighted by atomic mass is 19.4. The molecule has 14 heteroatoms. The second-order valence-electron chi connectivity index (χ2n) is 10.7. The van der Waals surface area contributed by atoms with Crippen LogP contribution in [-0.4, -0.2) is 64.0 Å². The van der Waals surface area contributed by atoms with Gasteiger partial charge >= 0.3 is 18.1 Å². The monoisotopic (exact) mass is 627 g/mol. The summed E-state index contributed by atoms with van der Waals surface area (Å²) in [6, 6.07) is 13.3. The Morgan fingerprint density at radius 2 is 1.76 bits per heavy atom. The Bertz CT molecular complexity index is 1560. The van der Waals surface area contributed by atoms with E-state index in [2.05, 4.69) is 14.7 Å². The maximum atomic E-state index is 14.2. The van der Waals surface area contributed by atoms with E-state index in [0.717, 1.165) is 10.5 Å². The normalized spacial score (nSPS) is 14.2. The summed E-state index contributed by atoms with van der Waals surface area (Å²) in [5.41, 5.74) is 7.98. The second kappa shape index (κ2) is 13.7. The minimum atomic E-state index is -5.38. The highest BCUT2D eigenvalue weighted by molar-refractivity contribution is 6.10. The van der Waals surface area contributed by atoms with Crippen LogP contribution in [0.2, 0.25) is 0 Å². The van der Waals surface area contributed by atoms with Crippen molar-refractivity contribution in [2.45, 2.75) is 58.3 Å². The third kappa shape index (κ3) is 8.13. The van der Waals surface area contributed by atoms with Gasteiger partial charge in [-0.1, -0.05) is 36.4 Å². The quantitative estimate of drug-likeness (QED) is 0.197. The van der Waals surface area contributed by atoms with Crippen LogP contribution in [0.25, 0.3) is 0 Å². The van der Waals surface area contributed by atoms with Crippen molar-refractivity contribution in [2.75, 3.05) is 23.8 Å². The summed E-state index contributed by atoms with van der Waals surface area (Å²) in [7, 11) is 0. The Morgan fingerprint density at radius 3 is 2.40 bits per heavy atom. The van der Waals surface area contributed by atoms with E-state index < -0.39 is 48.9 Å². The number of nitrogen functional groups attached to an aromatic ring is 1. The minimum Gasteiger partial charge on any atom is -0.478 e. The van der Waals surface area contributed by atoms with Gasteiger partial charge in [0.15, 0.2) is 0 Å². The standard InChI is InChI=1S/C31H32F3N5O6/c1-18(2)39-23-12-11-20(8-7-13-44-25-14-19(3)36-30(35)37-25)15-22(23)28(42)38(17-26(39)40)24(21-9-5-4-6-10-21)16-27(41)45-29(43)31(32,33)34/h4-6,9-12,14-15,18,24H,7-8,13,16-17H2,1-3H3,(H2,35,36,37). The molecule has 0 aliphatic carbocycles. The molecule has 1 atom stereocenters. The SMILES string of the molecule is Cc1cc(OCCCc2ccc3c(c2)C(=O)N(C(CC(=O)OC(=O)C(F)(F)F)c2ccccc2)CC(=O)N3C(C)C)nc(N)n1. The molecule has 2 aromatic carbocycles. The van der Waals surface area contributed by atoms with Crippen molar-refractivity contribution >= 4 is 35.4 Å². The van der Waals surface area contributed by atoms with Crippen LogP contribution < -0.4 is 15.4 Å². The zero-order valence-corrected chi connectivity index (χ0v) is 24.8. The van der Waals surface area contributed by atoms with Crippen LogP contribution in [0.3, 0.4) is 0 Å². The Morgan fingerprint density at radius 1 is 1.04 bits per heavy atom. The molecule has 1 unspecified atom stereocenters. The maximum absolute atomic E-state index is 14.2. The van der Waals surface area contributed by atoms with Gasteiger partial charge in [0, 0.05) is 17.8 Å². The number of rotatable bonds is 10. The lowest BCUT2D eigenvalue weighted by Crippen LogP contribution is -2.44. The highest BCUT2D eigenvalue weighted by Crippen LogP contribution is 2.34. The molecular weight excluding hydrogens is 595 g/mol. The predicted octanol–water partition coefficient (Wildman–Crippen LogP) is 4.34. The zero-order chi connectivity index (χ0) is 32.9. The molecule has 0 fully saturated rings. The van der Waals surface area contributed by atoms with Gasteiger partial charge in [0.25, 0.3) is 5.91 Å². The third-order valence-corrected chi connectivity index (χ3v) is 6.97. The van der Waals surface area contributed by atoms with E-state index in [0.29, 0.717) is 42.3 Å². The smallest absolute Gasteiger partial charge is 0.478 e. The van der Waals surface area contributed by atoms with E-state index in [-0.39, 0.29) is 17.6 Å². The lowest BCUT2D eigenvalue weighted by atomic mass is 9.99. The zero-order valence-electron chi connectivity index (χ0n) is 24.8. The molecule has 0 spiro atoms. The number of halogens is 3. The van der Waals surface area contributed by atoms with E-state index in [9.17, 15) is 32.3 Å². The first-order valence-corrected chi connectivity index (χ1v) is 14.1. The van der Waals surface area contributed by atoms with Gasteiger partial charge in [-0.15, -0.1) is 0 Å². The van der Waals surface area contributed by atoms with Gasteiger partial charge < -0.3 is 25.0 Å². The van der Waals surface area contributed by atoms with Gasteiger partial charge in [0.05, 0.1) is 30.3 Å².